The number of cyclic esters (lactones) is 1. The van der Waals surface area contributed by atoms with E-state index in [0.717, 1.165) is 0 Å². The van der Waals surface area contributed by atoms with Gasteiger partial charge in [-0.05, 0) is 24.3 Å². The molecule has 1 atom stereocenters. The summed E-state index contributed by atoms with van der Waals surface area (Å²) in [6, 6.07) is 8.69. The molecule has 1 aromatic carbocycles. The third-order valence-corrected chi connectivity index (χ3v) is 2.35. The van der Waals surface area contributed by atoms with Gasteiger partial charge in [0.1, 0.15) is 6.07 Å². The molecule has 0 radical (unpaired) electrons. The van der Waals surface area contributed by atoms with Crippen molar-refractivity contribution in [1.29, 1.82) is 5.26 Å². The Morgan fingerprint density at radius 3 is 2.67 bits per heavy atom. The van der Waals surface area contributed by atoms with Crippen molar-refractivity contribution in [3.05, 3.63) is 29.3 Å². The van der Waals surface area contributed by atoms with Gasteiger partial charge in [0.25, 0.3) is 0 Å². The number of halogens is 1. The molecule has 0 bridgehead atoms. The molecule has 1 aliphatic heterocycles. The lowest BCUT2D eigenvalue weighted by Gasteiger charge is -2.11. The second-order valence-electron chi connectivity index (χ2n) is 3.09. The van der Waals surface area contributed by atoms with Crippen molar-refractivity contribution in [3.8, 4) is 6.07 Å². The minimum Gasteiger partial charge on any atom is -0.428 e. The van der Waals surface area contributed by atoms with Crippen molar-refractivity contribution in [1.82, 2.24) is 0 Å². The van der Waals surface area contributed by atoms with Crippen molar-refractivity contribution in [2.75, 3.05) is 11.4 Å². The number of nitriles is 1. The Balaban J connectivity index is 2.22. The van der Waals surface area contributed by atoms with Gasteiger partial charge in [0.15, 0.2) is 0 Å². The standard InChI is InChI=1S/C10H7ClN2O2/c11-7-1-3-8(4-2-7)13-6-9(5-12)15-10(13)14/h1-4,9H,6H2. The van der Waals surface area contributed by atoms with Gasteiger partial charge in [-0.15, -0.1) is 0 Å². The number of rotatable bonds is 1. The fraction of sp³-hybridized carbons (Fsp3) is 0.200. The van der Waals surface area contributed by atoms with Gasteiger partial charge in [-0.2, -0.15) is 5.26 Å². The third kappa shape index (κ3) is 1.88. The molecule has 2 rings (SSSR count). The molecule has 1 unspecified atom stereocenters. The number of carbonyl (C=O) groups excluding carboxylic acids is 1. The van der Waals surface area contributed by atoms with Crippen LogP contribution in [-0.4, -0.2) is 18.7 Å². The van der Waals surface area contributed by atoms with E-state index in [1.54, 1.807) is 24.3 Å². The van der Waals surface area contributed by atoms with Gasteiger partial charge in [0, 0.05) is 10.7 Å². The van der Waals surface area contributed by atoms with Crippen molar-refractivity contribution >= 4 is 23.4 Å². The Hall–Kier alpha value is -1.73. The smallest absolute Gasteiger partial charge is 0.415 e. The first kappa shape index (κ1) is 9.81. The van der Waals surface area contributed by atoms with Crippen molar-refractivity contribution in [2.24, 2.45) is 0 Å². The molecule has 4 nitrogen and oxygen atoms in total. The molecule has 1 fully saturated rings. The van der Waals surface area contributed by atoms with Gasteiger partial charge in [-0.25, -0.2) is 4.79 Å². The highest BCUT2D eigenvalue weighted by Gasteiger charge is 2.31. The van der Waals surface area contributed by atoms with E-state index in [1.807, 2.05) is 6.07 Å². The number of hydrogen-bond acceptors (Lipinski definition) is 3. The fourth-order valence-electron chi connectivity index (χ4n) is 1.36. The number of hydrogen-bond donors (Lipinski definition) is 0. The van der Waals surface area contributed by atoms with E-state index in [2.05, 4.69) is 0 Å². The predicted molar refractivity (Wildman–Crippen MR) is 54.7 cm³/mol. The molecule has 0 saturated carbocycles. The van der Waals surface area contributed by atoms with Crippen LogP contribution in [-0.2, 0) is 4.74 Å². The summed E-state index contributed by atoms with van der Waals surface area (Å²) in [5.41, 5.74) is 0.683. The van der Waals surface area contributed by atoms with Gasteiger partial charge in [0.2, 0.25) is 6.10 Å². The highest BCUT2D eigenvalue weighted by atomic mass is 35.5. The second-order valence-corrected chi connectivity index (χ2v) is 3.52. The van der Waals surface area contributed by atoms with E-state index in [-0.39, 0.29) is 6.54 Å². The Labute approximate surface area is 91.6 Å². The quantitative estimate of drug-likeness (QED) is 0.732. The zero-order valence-electron chi connectivity index (χ0n) is 7.68. The second kappa shape index (κ2) is 3.79. The maximum atomic E-state index is 11.3. The van der Waals surface area contributed by atoms with Crippen LogP contribution in [0.1, 0.15) is 0 Å². The minimum atomic E-state index is -0.687. The topological polar surface area (TPSA) is 53.3 Å². The Bertz CT molecular complexity index is 424. The van der Waals surface area contributed by atoms with Crippen LogP contribution < -0.4 is 4.90 Å². The van der Waals surface area contributed by atoms with E-state index in [1.165, 1.54) is 4.90 Å². The van der Waals surface area contributed by atoms with Gasteiger partial charge < -0.3 is 4.74 Å². The predicted octanol–water partition coefficient (Wildman–Crippen LogP) is 2.19. The molecule has 5 heteroatoms. The SMILES string of the molecule is N#CC1CN(c2ccc(Cl)cc2)C(=O)O1. The molecule has 1 aromatic rings. The summed E-state index contributed by atoms with van der Waals surface area (Å²) in [5.74, 6) is 0. The summed E-state index contributed by atoms with van der Waals surface area (Å²) in [6.07, 6.45) is -1.18. The maximum absolute atomic E-state index is 11.3. The number of amides is 1. The van der Waals surface area contributed by atoms with Gasteiger partial charge in [0.05, 0.1) is 6.54 Å². The van der Waals surface area contributed by atoms with Crippen LogP contribution in [0.15, 0.2) is 24.3 Å². The first-order valence-corrected chi connectivity index (χ1v) is 4.72. The van der Waals surface area contributed by atoms with E-state index in [0.29, 0.717) is 10.7 Å². The number of nitrogens with zero attached hydrogens (tertiary/aromatic N) is 2. The number of ether oxygens (including phenoxy) is 1. The first-order valence-electron chi connectivity index (χ1n) is 4.34. The fourth-order valence-corrected chi connectivity index (χ4v) is 1.49. The van der Waals surface area contributed by atoms with Crippen molar-refractivity contribution < 1.29 is 9.53 Å². The molecule has 0 N–H and O–H groups in total. The molecule has 15 heavy (non-hydrogen) atoms. The van der Waals surface area contributed by atoms with Crippen LogP contribution in [0.25, 0.3) is 0 Å². The molecule has 0 aromatic heterocycles. The Morgan fingerprint density at radius 2 is 2.13 bits per heavy atom. The Morgan fingerprint density at radius 1 is 1.47 bits per heavy atom. The van der Waals surface area contributed by atoms with E-state index in [9.17, 15) is 4.79 Å². The largest absolute Gasteiger partial charge is 0.428 e. The molecule has 1 saturated heterocycles. The summed E-state index contributed by atoms with van der Waals surface area (Å²) in [5, 5.41) is 9.22. The third-order valence-electron chi connectivity index (χ3n) is 2.09. The molecule has 1 amide bonds. The zero-order chi connectivity index (χ0) is 10.8. The van der Waals surface area contributed by atoms with E-state index < -0.39 is 12.2 Å². The normalized spacial score (nSPS) is 19.9. The summed E-state index contributed by atoms with van der Waals surface area (Å²) in [4.78, 5) is 12.8. The van der Waals surface area contributed by atoms with Gasteiger partial charge >= 0.3 is 6.09 Å². The van der Waals surface area contributed by atoms with E-state index >= 15 is 0 Å². The van der Waals surface area contributed by atoms with Crippen LogP contribution >= 0.6 is 11.6 Å². The monoisotopic (exact) mass is 222 g/mol. The van der Waals surface area contributed by atoms with Crippen LogP contribution in [0.2, 0.25) is 5.02 Å². The number of anilines is 1. The highest BCUT2D eigenvalue weighted by Crippen LogP contribution is 2.22. The summed E-state index contributed by atoms with van der Waals surface area (Å²) in [6.45, 7) is 0.261. The van der Waals surface area contributed by atoms with Crippen molar-refractivity contribution in [3.63, 3.8) is 0 Å². The number of benzene rings is 1. The summed E-state index contributed by atoms with van der Waals surface area (Å²) < 4.78 is 4.80. The molecule has 0 aliphatic carbocycles. The molecule has 1 heterocycles. The molecule has 0 spiro atoms. The molecular weight excluding hydrogens is 216 g/mol. The van der Waals surface area contributed by atoms with Crippen molar-refractivity contribution in [2.45, 2.75) is 6.10 Å². The van der Waals surface area contributed by atoms with Gasteiger partial charge in [-0.1, -0.05) is 11.6 Å². The molecular formula is C10H7ClN2O2. The first-order chi connectivity index (χ1) is 7.20. The van der Waals surface area contributed by atoms with Crippen LogP contribution in [0.5, 0.6) is 0 Å². The maximum Gasteiger partial charge on any atom is 0.415 e. The van der Waals surface area contributed by atoms with Crippen LogP contribution in [0.4, 0.5) is 10.5 Å². The summed E-state index contributed by atoms with van der Waals surface area (Å²) >= 11 is 5.72. The highest BCUT2D eigenvalue weighted by molar-refractivity contribution is 6.30. The lowest BCUT2D eigenvalue weighted by Crippen LogP contribution is -2.23. The average molecular weight is 223 g/mol. The lowest BCUT2D eigenvalue weighted by molar-refractivity contribution is 0.162. The van der Waals surface area contributed by atoms with E-state index in [4.69, 9.17) is 21.6 Å². The number of carbonyl (C=O) groups is 1. The van der Waals surface area contributed by atoms with Gasteiger partial charge in [-0.3, -0.25) is 4.90 Å². The zero-order valence-corrected chi connectivity index (χ0v) is 8.44. The minimum absolute atomic E-state index is 0.261. The molecule has 76 valence electrons. The summed E-state index contributed by atoms with van der Waals surface area (Å²) in [7, 11) is 0. The Kier molecular flexibility index (Phi) is 2.48. The lowest BCUT2D eigenvalue weighted by atomic mass is 10.3. The van der Waals surface area contributed by atoms with Crippen LogP contribution in [0, 0.1) is 11.3 Å². The molecule has 1 aliphatic rings. The average Bonchev–Trinajstić information content (AvgIpc) is 2.61. The van der Waals surface area contributed by atoms with Crippen LogP contribution in [0.3, 0.4) is 0 Å².